The van der Waals surface area contributed by atoms with Gasteiger partial charge < -0.3 is 19.1 Å². The number of nitrogens with one attached hydrogen (secondary N) is 1. The Bertz CT molecular complexity index is 911. The van der Waals surface area contributed by atoms with Gasteiger partial charge in [-0.1, -0.05) is 6.07 Å². The molecular formula is C20H26N2O5S. The van der Waals surface area contributed by atoms with Crippen molar-refractivity contribution >= 4 is 10.0 Å². The van der Waals surface area contributed by atoms with Gasteiger partial charge in [0.2, 0.25) is 16.8 Å². The molecule has 1 atom stereocenters. The first kappa shape index (κ1) is 20.4. The lowest BCUT2D eigenvalue weighted by Gasteiger charge is -2.25. The Balaban J connectivity index is 1.72. The monoisotopic (exact) mass is 406 g/mol. The van der Waals surface area contributed by atoms with Crippen LogP contribution in [0.1, 0.15) is 25.5 Å². The number of hydrogen-bond acceptors (Lipinski definition) is 6. The summed E-state index contributed by atoms with van der Waals surface area (Å²) in [7, 11) is 0.167. The van der Waals surface area contributed by atoms with Crippen LogP contribution in [0.25, 0.3) is 0 Å². The molecule has 0 saturated carbocycles. The van der Waals surface area contributed by atoms with E-state index in [1.165, 1.54) is 0 Å². The molecule has 2 aromatic carbocycles. The van der Waals surface area contributed by atoms with E-state index >= 15 is 0 Å². The second kappa shape index (κ2) is 8.38. The van der Waals surface area contributed by atoms with E-state index in [9.17, 15) is 8.42 Å². The molecule has 0 spiro atoms. The Labute approximate surface area is 166 Å². The highest BCUT2D eigenvalue weighted by Crippen LogP contribution is 2.35. The van der Waals surface area contributed by atoms with E-state index in [1.807, 2.05) is 51.0 Å². The maximum absolute atomic E-state index is 12.7. The van der Waals surface area contributed by atoms with Gasteiger partial charge in [0.25, 0.3) is 0 Å². The first-order valence-electron chi connectivity index (χ1n) is 9.08. The van der Waals surface area contributed by atoms with E-state index in [0.717, 1.165) is 5.56 Å². The van der Waals surface area contributed by atoms with Crippen molar-refractivity contribution in [2.75, 3.05) is 27.4 Å². The topological polar surface area (TPSA) is 77.1 Å². The number of hydrogen-bond donors (Lipinski definition) is 1. The molecule has 0 fully saturated rings. The molecule has 28 heavy (non-hydrogen) atoms. The van der Waals surface area contributed by atoms with Crippen molar-refractivity contribution in [3.05, 3.63) is 48.0 Å². The van der Waals surface area contributed by atoms with E-state index in [-0.39, 0.29) is 30.4 Å². The van der Waals surface area contributed by atoms with Gasteiger partial charge in [-0.25, -0.2) is 13.1 Å². The number of ether oxygens (including phenoxy) is 3. The predicted molar refractivity (Wildman–Crippen MR) is 106 cm³/mol. The van der Waals surface area contributed by atoms with Crippen molar-refractivity contribution in [1.82, 2.24) is 9.62 Å². The van der Waals surface area contributed by atoms with Crippen LogP contribution in [0, 0.1) is 0 Å². The van der Waals surface area contributed by atoms with Gasteiger partial charge in [-0.2, -0.15) is 0 Å². The van der Waals surface area contributed by atoms with Crippen molar-refractivity contribution in [3.63, 3.8) is 0 Å². The number of nitrogens with zero attached hydrogens (tertiary/aromatic N) is 1. The summed E-state index contributed by atoms with van der Waals surface area (Å²) in [6, 6.07) is 11.9. The fourth-order valence-corrected chi connectivity index (χ4v) is 4.00. The molecule has 1 aliphatic rings. The Morgan fingerprint density at radius 1 is 1.07 bits per heavy atom. The zero-order valence-corrected chi connectivity index (χ0v) is 17.3. The third-order valence-corrected chi connectivity index (χ3v) is 5.82. The minimum atomic E-state index is -3.64. The third-order valence-electron chi connectivity index (χ3n) is 4.38. The molecule has 0 amide bonds. The molecule has 1 heterocycles. The second-order valence-electron chi connectivity index (χ2n) is 7.08. The summed E-state index contributed by atoms with van der Waals surface area (Å²) >= 11 is 0. The molecule has 0 aliphatic carbocycles. The van der Waals surface area contributed by atoms with Crippen molar-refractivity contribution in [3.8, 4) is 17.2 Å². The summed E-state index contributed by atoms with van der Waals surface area (Å²) in [5.41, 5.74) is 0.942. The van der Waals surface area contributed by atoms with Crippen LogP contribution in [0.2, 0.25) is 0 Å². The molecule has 0 radical (unpaired) electrons. The minimum absolute atomic E-state index is 0.0307. The highest BCUT2D eigenvalue weighted by molar-refractivity contribution is 7.89. The fourth-order valence-electron chi connectivity index (χ4n) is 2.96. The molecule has 3 rings (SSSR count). The van der Waals surface area contributed by atoms with Gasteiger partial charge in [0.05, 0.1) is 11.0 Å². The number of rotatable bonds is 8. The first-order chi connectivity index (χ1) is 13.3. The normalized spacial score (nSPS) is 14.5. The summed E-state index contributed by atoms with van der Waals surface area (Å²) in [4.78, 5) is 2.16. The highest BCUT2D eigenvalue weighted by atomic mass is 32.2. The van der Waals surface area contributed by atoms with Crippen LogP contribution >= 0.6 is 0 Å². The smallest absolute Gasteiger partial charge is 0.240 e. The Morgan fingerprint density at radius 2 is 1.75 bits per heavy atom. The third kappa shape index (κ3) is 4.76. The summed E-state index contributed by atoms with van der Waals surface area (Å²) in [6.45, 7) is 4.27. The molecule has 2 aromatic rings. The van der Waals surface area contributed by atoms with E-state index in [4.69, 9.17) is 14.2 Å². The van der Waals surface area contributed by atoms with Crippen LogP contribution in [0.4, 0.5) is 0 Å². The summed E-state index contributed by atoms with van der Waals surface area (Å²) < 4.78 is 44.4. The molecule has 0 saturated heterocycles. The maximum Gasteiger partial charge on any atom is 0.240 e. The van der Waals surface area contributed by atoms with Crippen molar-refractivity contribution in [2.45, 2.75) is 30.9 Å². The lowest BCUT2D eigenvalue weighted by Crippen LogP contribution is -2.34. The Kier molecular flexibility index (Phi) is 6.12. The second-order valence-corrected chi connectivity index (χ2v) is 8.85. The van der Waals surface area contributed by atoms with Gasteiger partial charge >= 0.3 is 0 Å². The van der Waals surface area contributed by atoms with Crippen LogP contribution in [0.5, 0.6) is 17.2 Å². The van der Waals surface area contributed by atoms with Gasteiger partial charge in [0.15, 0.2) is 11.5 Å². The lowest BCUT2D eigenvalue weighted by molar-refractivity contribution is 0.174. The molecular weight excluding hydrogens is 380 g/mol. The highest BCUT2D eigenvalue weighted by Gasteiger charge is 2.22. The molecule has 1 unspecified atom stereocenters. The summed E-state index contributed by atoms with van der Waals surface area (Å²) in [5.74, 6) is 2.01. The molecule has 8 heteroatoms. The van der Waals surface area contributed by atoms with Gasteiger partial charge in [-0.05, 0) is 69.9 Å². The largest absolute Gasteiger partial charge is 0.491 e. The van der Waals surface area contributed by atoms with Crippen molar-refractivity contribution in [1.29, 1.82) is 0 Å². The van der Waals surface area contributed by atoms with Gasteiger partial charge in [-0.15, -0.1) is 0 Å². The first-order valence-corrected chi connectivity index (χ1v) is 10.6. The van der Waals surface area contributed by atoms with Crippen LogP contribution in [-0.2, 0) is 10.0 Å². The molecule has 1 aliphatic heterocycles. The SMILES string of the molecule is CC(C)Oc1ccc(S(=O)(=O)NCC(c2ccc3c(c2)OCO3)N(C)C)cc1. The quantitative estimate of drug-likeness (QED) is 0.726. The number of likely N-dealkylation sites (N-methyl/N-ethyl adjacent to an activating group) is 1. The van der Waals surface area contributed by atoms with Crippen LogP contribution < -0.4 is 18.9 Å². The van der Waals surface area contributed by atoms with E-state index < -0.39 is 10.0 Å². The molecule has 152 valence electrons. The number of sulfonamides is 1. The lowest BCUT2D eigenvalue weighted by atomic mass is 10.1. The van der Waals surface area contributed by atoms with E-state index in [0.29, 0.717) is 17.2 Å². The average molecular weight is 407 g/mol. The number of fused-ring (bicyclic) bond motifs is 1. The maximum atomic E-state index is 12.7. The molecule has 1 N–H and O–H groups in total. The zero-order chi connectivity index (χ0) is 20.3. The Hall–Kier alpha value is -2.29. The van der Waals surface area contributed by atoms with E-state index in [1.54, 1.807) is 24.3 Å². The van der Waals surface area contributed by atoms with Crippen LogP contribution in [0.3, 0.4) is 0 Å². The summed E-state index contributed by atoms with van der Waals surface area (Å²) in [5, 5.41) is 0. The van der Waals surface area contributed by atoms with Crippen molar-refractivity contribution < 1.29 is 22.6 Å². The van der Waals surface area contributed by atoms with Gasteiger partial charge in [0.1, 0.15) is 5.75 Å². The molecule has 7 nitrogen and oxygen atoms in total. The molecule has 0 bridgehead atoms. The van der Waals surface area contributed by atoms with Gasteiger partial charge in [-0.3, -0.25) is 0 Å². The predicted octanol–water partition coefficient (Wildman–Crippen LogP) is 2.78. The Morgan fingerprint density at radius 3 is 2.39 bits per heavy atom. The van der Waals surface area contributed by atoms with Crippen LogP contribution in [-0.4, -0.2) is 46.9 Å². The zero-order valence-electron chi connectivity index (χ0n) is 16.5. The average Bonchev–Trinajstić information content (AvgIpc) is 3.09. The molecule has 0 aromatic heterocycles. The standard InChI is InChI=1S/C20H26N2O5S/c1-14(2)27-16-6-8-17(9-7-16)28(23,24)21-12-18(22(3)4)15-5-10-19-20(11-15)26-13-25-19/h5-11,14,18,21H,12-13H2,1-4H3. The van der Waals surface area contributed by atoms with Gasteiger partial charge in [0, 0.05) is 12.6 Å². The van der Waals surface area contributed by atoms with E-state index in [2.05, 4.69) is 4.72 Å². The fraction of sp³-hybridized carbons (Fsp3) is 0.400. The number of benzene rings is 2. The minimum Gasteiger partial charge on any atom is -0.491 e. The summed E-state index contributed by atoms with van der Waals surface area (Å²) in [6.07, 6.45) is 0.0307. The van der Waals surface area contributed by atoms with Crippen LogP contribution in [0.15, 0.2) is 47.4 Å². The van der Waals surface area contributed by atoms with Crippen molar-refractivity contribution in [2.24, 2.45) is 0 Å².